The van der Waals surface area contributed by atoms with Crippen LogP contribution in [0.25, 0.3) is 177 Å². The second-order valence-corrected chi connectivity index (χ2v) is 40.6. The molecule has 0 N–H and O–H groups in total. The molecule has 8 heteroatoms. The first-order chi connectivity index (χ1) is 64.3. The van der Waals surface area contributed by atoms with Gasteiger partial charge in [0.05, 0.1) is 22.3 Å². The first-order valence-electron chi connectivity index (χ1n) is 48.6. The molecule has 4 saturated carbocycles. The second kappa shape index (κ2) is 30.0. The molecule has 4 spiro atoms. The minimum absolute atomic E-state index is 0.0997. The monoisotopic (exact) mass is 1720 g/mol. The van der Waals surface area contributed by atoms with Gasteiger partial charge in [-0.1, -0.05) is 209 Å². The predicted octanol–water partition coefficient (Wildman–Crippen LogP) is 30.1. The second-order valence-electron chi connectivity index (χ2n) is 40.6. The Bertz CT molecular complexity index is 8170. The highest BCUT2D eigenvalue weighted by molar-refractivity contribution is 6.17. The molecule has 20 aromatic rings. The van der Waals surface area contributed by atoms with Gasteiger partial charge in [0.15, 0.2) is 24.8 Å². The average molecular weight is 1720 g/mol. The number of fused-ring (bicyclic) bond motifs is 34. The van der Waals surface area contributed by atoms with E-state index in [1.807, 2.05) is 0 Å². The van der Waals surface area contributed by atoms with E-state index < -0.39 is 0 Å². The lowest BCUT2D eigenvalue weighted by molar-refractivity contribution is -0.660. The maximum absolute atomic E-state index is 6.96. The van der Waals surface area contributed by atoms with E-state index in [0.29, 0.717) is 0 Å². The Balaban J connectivity index is 0.0000000945. The minimum Gasteiger partial charge on any atom is -0.455 e. The van der Waals surface area contributed by atoms with Crippen LogP contribution in [0, 0.1) is 55.4 Å². The fourth-order valence-corrected chi connectivity index (χ4v) is 26.8. The van der Waals surface area contributed by atoms with Gasteiger partial charge < -0.3 is 17.7 Å². The van der Waals surface area contributed by atoms with Gasteiger partial charge in [0.1, 0.15) is 72.9 Å². The van der Waals surface area contributed by atoms with Crippen LogP contribution < -0.4 is 18.3 Å². The molecule has 0 amide bonds. The number of pyridine rings is 4. The third-order valence-electron chi connectivity index (χ3n) is 33.0. The summed E-state index contributed by atoms with van der Waals surface area (Å²) in [5.41, 5.74) is 51.6. The molecule has 4 fully saturated rings. The summed E-state index contributed by atoms with van der Waals surface area (Å²) < 4.78 is 35.9. The molecular weight excluding hydrogens is 1610 g/mol. The summed E-state index contributed by atoms with van der Waals surface area (Å²) in [6, 6.07) is 90.8. The van der Waals surface area contributed by atoms with Crippen LogP contribution in [0.2, 0.25) is 0 Å². The summed E-state index contributed by atoms with van der Waals surface area (Å²) >= 11 is 0. The van der Waals surface area contributed by atoms with Crippen molar-refractivity contribution in [3.05, 3.63) is 356 Å². The number of nitrogens with zero attached hydrogens (tertiary/aromatic N) is 4. The zero-order chi connectivity index (χ0) is 89.3. The molecule has 8 heterocycles. The van der Waals surface area contributed by atoms with E-state index in [1.165, 1.54) is 324 Å². The fourth-order valence-electron chi connectivity index (χ4n) is 26.8. The van der Waals surface area contributed by atoms with Crippen molar-refractivity contribution in [2.24, 2.45) is 28.2 Å². The highest BCUT2D eigenvalue weighted by Crippen LogP contribution is 2.65. The van der Waals surface area contributed by atoms with Gasteiger partial charge >= 0.3 is 0 Å². The standard InChI is InChI=1S/4C31H28NO/c1-19-14-17-32(3)26(18-19)27-20(2)10-11-23-24-13-12-22-21-8-4-5-9-25(21)31(15-6-7-16-31)28(22)30(24)33-29(23)27;1-19-14-17-32(3)25(18-19)27-20(2)10-11-23-28-26(33-30(23)27)13-12-22-21-8-4-5-9-24(21)31(29(22)28)15-6-7-16-31;1-19-12-15-32(3)27(16-19)29-20(2)10-11-22-24-17-26-23(18-28(24)33-30(22)29)21-8-4-5-9-25(21)31(26)13-6-7-14-31;1-19-12-15-32(3)27(16-19)29-20(2)10-11-22-24-17-23-21-8-4-5-9-25(21)31(13-6-7-14-31)26(23)18-28(24)33-30(22)29/h2*4-5,8-14,17-18H,6-7,15-16H2,1-3H3;2*4-5,8-12,15-18H,6-7,13-14H2,1-3H3/q4*+1. The summed E-state index contributed by atoms with van der Waals surface area (Å²) in [4.78, 5) is 0. The van der Waals surface area contributed by atoms with Gasteiger partial charge in [0, 0.05) is 119 Å². The zero-order valence-electron chi connectivity index (χ0n) is 78.1. The zero-order valence-corrected chi connectivity index (χ0v) is 78.1. The van der Waals surface area contributed by atoms with Crippen LogP contribution in [0.4, 0.5) is 0 Å². The van der Waals surface area contributed by atoms with E-state index in [2.05, 4.69) is 369 Å². The van der Waals surface area contributed by atoms with Crippen molar-refractivity contribution in [3.63, 3.8) is 0 Å². The number of furan rings is 4. The van der Waals surface area contributed by atoms with Crippen LogP contribution in [-0.4, -0.2) is 0 Å². The lowest BCUT2D eigenvalue weighted by Gasteiger charge is -2.27. The third-order valence-corrected chi connectivity index (χ3v) is 33.0. The van der Waals surface area contributed by atoms with Crippen LogP contribution in [0.3, 0.4) is 0 Å². The molecule has 28 rings (SSSR count). The summed E-state index contributed by atoms with van der Waals surface area (Å²) in [5, 5.41) is 9.96. The molecule has 12 aromatic carbocycles. The maximum atomic E-state index is 6.96. The molecule has 8 aliphatic carbocycles. The molecule has 0 saturated heterocycles. The maximum Gasteiger partial charge on any atom is 0.216 e. The van der Waals surface area contributed by atoms with E-state index >= 15 is 0 Å². The van der Waals surface area contributed by atoms with Gasteiger partial charge in [-0.05, 0) is 271 Å². The van der Waals surface area contributed by atoms with Crippen LogP contribution in [0.5, 0.6) is 0 Å². The number of hydrogen-bond donors (Lipinski definition) is 0. The Morgan fingerprint density at radius 3 is 0.962 bits per heavy atom. The summed E-state index contributed by atoms with van der Waals surface area (Å²) in [6.07, 6.45) is 28.8. The molecule has 0 bridgehead atoms. The largest absolute Gasteiger partial charge is 0.455 e. The molecule has 8 nitrogen and oxygen atoms in total. The first kappa shape index (κ1) is 80.5. The fraction of sp³-hybridized carbons (Fsp3) is 0.258. The number of rotatable bonds is 4. The molecular formula is C124H112N4O4+4. The van der Waals surface area contributed by atoms with E-state index in [9.17, 15) is 0 Å². The van der Waals surface area contributed by atoms with Crippen molar-refractivity contribution >= 4 is 87.8 Å². The lowest BCUT2D eigenvalue weighted by atomic mass is 9.75. The Kier molecular flexibility index (Phi) is 18.3. The summed E-state index contributed by atoms with van der Waals surface area (Å²) in [5.74, 6) is 0. The van der Waals surface area contributed by atoms with Gasteiger partial charge in [-0.15, -0.1) is 0 Å². The van der Waals surface area contributed by atoms with E-state index in [4.69, 9.17) is 17.7 Å². The SMILES string of the molecule is Cc1cc[n+](C)c(-c2c(C)ccc3c2oc2c4c(ccc23)-c2ccccc2C42CCCC2)c1.Cc1cc[n+](C)c(-c2c(C)ccc3c2oc2cc4c(cc23)-c2ccccc2C42CCCC2)c1.Cc1cc[n+](C)c(-c2c(C)ccc3c2oc2cc4c(cc23)C2(CCCC2)c2ccccc2-4)c1.Cc1cc[n+](C)c(-c2c(C)ccc3c2oc2ccc4c(c23)C2(CCCC2)c2ccccc2-4)c1. The van der Waals surface area contributed by atoms with Gasteiger partial charge in [-0.2, -0.15) is 0 Å². The van der Waals surface area contributed by atoms with E-state index in [1.54, 1.807) is 0 Å². The van der Waals surface area contributed by atoms with Crippen molar-refractivity contribution in [2.45, 2.75) is 180 Å². The van der Waals surface area contributed by atoms with Crippen LogP contribution in [-0.2, 0) is 49.9 Å². The molecule has 0 atom stereocenters. The topological polar surface area (TPSA) is 68.1 Å². The van der Waals surface area contributed by atoms with E-state index in [0.717, 1.165) is 44.7 Å². The Morgan fingerprint density at radius 1 is 0.220 bits per heavy atom. The number of hydrogen-bond acceptors (Lipinski definition) is 4. The molecule has 648 valence electrons. The van der Waals surface area contributed by atoms with Crippen molar-refractivity contribution in [1.29, 1.82) is 0 Å². The van der Waals surface area contributed by atoms with Gasteiger partial charge in [0.2, 0.25) is 22.8 Å². The smallest absolute Gasteiger partial charge is 0.216 e. The molecule has 0 radical (unpaired) electrons. The Labute approximate surface area is 772 Å². The highest BCUT2D eigenvalue weighted by atomic mass is 16.3. The number of aromatic nitrogens is 4. The Morgan fingerprint density at radius 2 is 0.523 bits per heavy atom. The third kappa shape index (κ3) is 11.7. The quantitative estimate of drug-likeness (QED) is 0.165. The highest BCUT2D eigenvalue weighted by Gasteiger charge is 2.51. The lowest BCUT2D eigenvalue weighted by Crippen LogP contribution is -2.30. The average Bonchev–Trinajstić information content (AvgIpc) is 1.55. The molecule has 8 aromatic heterocycles. The van der Waals surface area contributed by atoms with Crippen molar-refractivity contribution < 1.29 is 35.9 Å². The molecule has 0 aliphatic heterocycles. The van der Waals surface area contributed by atoms with Gasteiger partial charge in [-0.25, -0.2) is 18.3 Å². The van der Waals surface area contributed by atoms with Crippen LogP contribution in [0.1, 0.15) is 192 Å². The van der Waals surface area contributed by atoms with E-state index in [-0.39, 0.29) is 21.7 Å². The van der Waals surface area contributed by atoms with Crippen molar-refractivity contribution in [1.82, 2.24) is 0 Å². The molecule has 132 heavy (non-hydrogen) atoms. The molecule has 0 unspecified atom stereocenters. The van der Waals surface area contributed by atoms with Gasteiger partial charge in [-0.3, -0.25) is 0 Å². The van der Waals surface area contributed by atoms with Crippen LogP contribution >= 0.6 is 0 Å². The number of benzene rings is 12. The summed E-state index contributed by atoms with van der Waals surface area (Å²) in [6.45, 7) is 17.4. The van der Waals surface area contributed by atoms with Crippen molar-refractivity contribution in [2.75, 3.05) is 0 Å². The predicted molar refractivity (Wildman–Crippen MR) is 538 cm³/mol. The first-order valence-corrected chi connectivity index (χ1v) is 48.6. The number of aryl methyl sites for hydroxylation is 12. The van der Waals surface area contributed by atoms with Crippen LogP contribution in [0.15, 0.2) is 285 Å². The minimum atomic E-state index is 0.0997. The van der Waals surface area contributed by atoms with Gasteiger partial charge in [0.25, 0.3) is 0 Å². The van der Waals surface area contributed by atoms with Crippen molar-refractivity contribution in [3.8, 4) is 89.5 Å². The molecule has 8 aliphatic rings. The summed E-state index contributed by atoms with van der Waals surface area (Å²) in [7, 11) is 8.48. The Hall–Kier alpha value is -13.6. The normalized spacial score (nSPS) is 16.1.